The van der Waals surface area contributed by atoms with Crippen LogP contribution < -0.4 is 21.3 Å². The predicted octanol–water partition coefficient (Wildman–Crippen LogP) is 1.11. The van der Waals surface area contributed by atoms with Crippen LogP contribution in [0.1, 0.15) is 20.8 Å². The number of hydrogen-bond donors (Lipinski definition) is 4. The average molecular weight is 312 g/mol. The van der Waals surface area contributed by atoms with Crippen LogP contribution in [0.25, 0.3) is 0 Å². The molecule has 3 amide bonds. The van der Waals surface area contributed by atoms with Crippen LogP contribution in [0, 0.1) is 0 Å². The molecule has 22 heavy (non-hydrogen) atoms. The lowest BCUT2D eigenvalue weighted by Gasteiger charge is -2.19. The minimum Gasteiger partial charge on any atom is -0.444 e. The van der Waals surface area contributed by atoms with Crippen molar-refractivity contribution >= 4 is 23.6 Å². The molecule has 9 heteroatoms. The largest absolute Gasteiger partial charge is 0.444 e. The second-order valence-corrected chi connectivity index (χ2v) is 5.59. The van der Waals surface area contributed by atoms with Crippen molar-refractivity contribution in [3.05, 3.63) is 6.20 Å². The summed E-state index contributed by atoms with van der Waals surface area (Å²) in [7, 11) is 3.50. The fourth-order valence-electron chi connectivity index (χ4n) is 1.65. The molecule has 0 aliphatic heterocycles. The Kier molecular flexibility index (Phi) is 6.02. The molecule has 1 heterocycles. The van der Waals surface area contributed by atoms with Gasteiger partial charge in [-0.3, -0.25) is 4.68 Å². The summed E-state index contributed by atoms with van der Waals surface area (Å²) >= 11 is 0. The maximum atomic E-state index is 11.7. The summed E-state index contributed by atoms with van der Waals surface area (Å²) in [6.07, 6.45) is 1.03. The van der Waals surface area contributed by atoms with E-state index in [0.717, 1.165) is 0 Å². The third-order valence-corrected chi connectivity index (χ3v) is 2.50. The Hall–Kier alpha value is -2.45. The van der Waals surface area contributed by atoms with E-state index in [1.54, 1.807) is 45.7 Å². The first-order valence-corrected chi connectivity index (χ1v) is 6.94. The molecule has 0 aliphatic rings. The zero-order valence-corrected chi connectivity index (χ0v) is 13.6. The SMILES string of the molecule is CNc1c(NC(=O)NCCNC(=O)OC(C)(C)C)cnn1C. The molecule has 9 nitrogen and oxygen atoms in total. The zero-order valence-electron chi connectivity index (χ0n) is 13.6. The van der Waals surface area contributed by atoms with Crippen molar-refractivity contribution in [2.24, 2.45) is 7.05 Å². The van der Waals surface area contributed by atoms with E-state index >= 15 is 0 Å². The van der Waals surface area contributed by atoms with Gasteiger partial charge in [0.1, 0.15) is 17.1 Å². The molecule has 0 unspecified atom stereocenters. The molecule has 0 saturated heterocycles. The number of aryl methyl sites for hydroxylation is 1. The number of rotatable bonds is 5. The maximum absolute atomic E-state index is 11.7. The smallest absolute Gasteiger partial charge is 0.407 e. The third-order valence-electron chi connectivity index (χ3n) is 2.50. The number of nitrogens with one attached hydrogen (secondary N) is 4. The summed E-state index contributed by atoms with van der Waals surface area (Å²) in [6, 6.07) is -0.379. The molecule has 0 atom stereocenters. The van der Waals surface area contributed by atoms with Gasteiger partial charge in [0.2, 0.25) is 0 Å². The molecule has 0 saturated carbocycles. The number of aromatic nitrogens is 2. The summed E-state index contributed by atoms with van der Waals surface area (Å²) in [5.74, 6) is 0.696. The number of nitrogens with zero attached hydrogens (tertiary/aromatic N) is 2. The van der Waals surface area contributed by atoms with E-state index in [2.05, 4.69) is 26.4 Å². The van der Waals surface area contributed by atoms with Gasteiger partial charge in [-0.2, -0.15) is 5.10 Å². The van der Waals surface area contributed by atoms with Crippen LogP contribution in [0.3, 0.4) is 0 Å². The lowest BCUT2D eigenvalue weighted by atomic mass is 10.2. The Morgan fingerprint density at radius 2 is 1.91 bits per heavy atom. The van der Waals surface area contributed by atoms with Crippen LogP contribution in [0.4, 0.5) is 21.1 Å². The Balaban J connectivity index is 2.28. The minimum absolute atomic E-state index is 0.272. The molecule has 4 N–H and O–H groups in total. The molecule has 1 rings (SSSR count). The number of anilines is 2. The summed E-state index contributed by atoms with van der Waals surface area (Å²) < 4.78 is 6.69. The van der Waals surface area contributed by atoms with E-state index in [1.807, 2.05) is 0 Å². The molecule has 0 aliphatic carbocycles. The molecule has 1 aromatic rings. The second kappa shape index (κ2) is 7.53. The standard InChI is InChI=1S/C13H24N6O3/c1-13(2,3)22-12(21)16-7-6-15-11(20)18-9-8-17-19(5)10(9)14-4/h8,14H,6-7H2,1-5H3,(H,16,21)(H2,15,18,20). The zero-order chi connectivity index (χ0) is 16.8. The maximum Gasteiger partial charge on any atom is 0.407 e. The Morgan fingerprint density at radius 1 is 1.27 bits per heavy atom. The first-order chi connectivity index (χ1) is 10.2. The summed E-state index contributed by atoms with van der Waals surface area (Å²) in [6.45, 7) is 5.90. The Morgan fingerprint density at radius 3 is 2.50 bits per heavy atom. The van der Waals surface area contributed by atoms with Gasteiger partial charge >= 0.3 is 12.1 Å². The van der Waals surface area contributed by atoms with Crippen molar-refractivity contribution in [1.29, 1.82) is 0 Å². The second-order valence-electron chi connectivity index (χ2n) is 5.59. The molecule has 124 valence electrons. The van der Waals surface area contributed by atoms with E-state index in [1.165, 1.54) is 0 Å². The van der Waals surface area contributed by atoms with E-state index in [4.69, 9.17) is 4.74 Å². The van der Waals surface area contributed by atoms with E-state index in [-0.39, 0.29) is 19.1 Å². The Labute approximate surface area is 129 Å². The van der Waals surface area contributed by atoms with E-state index in [0.29, 0.717) is 11.5 Å². The molecule has 0 radical (unpaired) electrons. The summed E-state index contributed by atoms with van der Waals surface area (Å²) in [5, 5.41) is 14.8. The van der Waals surface area contributed by atoms with Gasteiger partial charge in [0, 0.05) is 27.2 Å². The van der Waals surface area contributed by atoms with Gasteiger partial charge in [-0.25, -0.2) is 9.59 Å². The topological polar surface area (TPSA) is 109 Å². The van der Waals surface area contributed by atoms with Crippen LogP contribution in [0.5, 0.6) is 0 Å². The average Bonchev–Trinajstić information content (AvgIpc) is 2.73. The first-order valence-electron chi connectivity index (χ1n) is 6.94. The van der Waals surface area contributed by atoms with Crippen molar-refractivity contribution in [3.63, 3.8) is 0 Å². The predicted molar refractivity (Wildman–Crippen MR) is 84.0 cm³/mol. The fraction of sp³-hybridized carbons (Fsp3) is 0.615. The lowest BCUT2D eigenvalue weighted by Crippen LogP contribution is -2.39. The van der Waals surface area contributed by atoms with Gasteiger partial charge in [0.25, 0.3) is 0 Å². The highest BCUT2D eigenvalue weighted by atomic mass is 16.6. The monoisotopic (exact) mass is 312 g/mol. The number of amides is 3. The molecule has 0 fully saturated rings. The van der Waals surface area contributed by atoms with E-state index in [9.17, 15) is 9.59 Å². The van der Waals surface area contributed by atoms with Crippen molar-refractivity contribution < 1.29 is 14.3 Å². The van der Waals surface area contributed by atoms with Gasteiger partial charge in [0.05, 0.1) is 6.20 Å². The minimum atomic E-state index is -0.543. The van der Waals surface area contributed by atoms with E-state index < -0.39 is 11.7 Å². The fourth-order valence-corrected chi connectivity index (χ4v) is 1.65. The van der Waals surface area contributed by atoms with Crippen molar-refractivity contribution in [1.82, 2.24) is 20.4 Å². The molecule has 1 aromatic heterocycles. The molecule has 0 spiro atoms. The van der Waals surface area contributed by atoms with Crippen LogP contribution in [0.2, 0.25) is 0 Å². The molecular weight excluding hydrogens is 288 g/mol. The highest BCUT2D eigenvalue weighted by molar-refractivity contribution is 5.92. The van der Waals surface area contributed by atoms with Crippen LogP contribution in [0.15, 0.2) is 6.20 Å². The van der Waals surface area contributed by atoms with Crippen LogP contribution in [-0.4, -0.2) is 47.6 Å². The number of urea groups is 1. The van der Waals surface area contributed by atoms with Gasteiger partial charge in [0.15, 0.2) is 0 Å². The number of carbonyl (C=O) groups is 2. The summed E-state index contributed by atoms with van der Waals surface area (Å²) in [4.78, 5) is 23.1. The van der Waals surface area contributed by atoms with Gasteiger partial charge in [-0.15, -0.1) is 0 Å². The van der Waals surface area contributed by atoms with Gasteiger partial charge in [-0.05, 0) is 20.8 Å². The molecule has 0 bridgehead atoms. The van der Waals surface area contributed by atoms with Gasteiger partial charge < -0.3 is 26.0 Å². The molecule has 0 aromatic carbocycles. The molecular formula is C13H24N6O3. The van der Waals surface area contributed by atoms with Gasteiger partial charge in [-0.1, -0.05) is 0 Å². The lowest BCUT2D eigenvalue weighted by molar-refractivity contribution is 0.0528. The first kappa shape index (κ1) is 17.6. The summed E-state index contributed by atoms with van der Waals surface area (Å²) in [5.41, 5.74) is 0.0289. The van der Waals surface area contributed by atoms with Crippen LogP contribution in [-0.2, 0) is 11.8 Å². The normalized spacial score (nSPS) is 10.8. The van der Waals surface area contributed by atoms with Crippen molar-refractivity contribution in [3.8, 4) is 0 Å². The Bertz CT molecular complexity index is 520. The van der Waals surface area contributed by atoms with Crippen molar-refractivity contribution in [2.75, 3.05) is 30.8 Å². The van der Waals surface area contributed by atoms with Crippen molar-refractivity contribution in [2.45, 2.75) is 26.4 Å². The number of alkyl carbamates (subject to hydrolysis) is 1. The number of hydrogen-bond acceptors (Lipinski definition) is 5. The highest BCUT2D eigenvalue weighted by Gasteiger charge is 2.15. The quantitative estimate of drug-likeness (QED) is 0.609. The van der Waals surface area contributed by atoms with Crippen LogP contribution >= 0.6 is 0 Å². The third kappa shape index (κ3) is 5.90. The number of carbonyl (C=O) groups excluding carboxylic acids is 2. The highest BCUT2D eigenvalue weighted by Crippen LogP contribution is 2.18. The number of ether oxygens (including phenoxy) is 1.